The van der Waals surface area contributed by atoms with E-state index in [0.717, 1.165) is 41.8 Å². The monoisotopic (exact) mass is 338 g/mol. The lowest BCUT2D eigenvalue weighted by Gasteiger charge is -2.22. The van der Waals surface area contributed by atoms with Gasteiger partial charge in [-0.25, -0.2) is 0 Å². The topological polar surface area (TPSA) is 103 Å². The number of nitrogens with zero attached hydrogens (tertiary/aromatic N) is 4. The second-order valence-corrected chi connectivity index (χ2v) is 6.87. The molecule has 7 nitrogen and oxygen atoms in total. The first-order valence-corrected chi connectivity index (χ1v) is 8.64. The smallest absolute Gasteiger partial charge is 0.175 e. The van der Waals surface area contributed by atoms with E-state index in [9.17, 15) is 5.11 Å². The number of hydrogen-bond acceptors (Lipinski definition) is 5. The number of rotatable bonds is 4. The Hall–Kier alpha value is -2.70. The maximum Gasteiger partial charge on any atom is 0.175 e. The Kier molecular flexibility index (Phi) is 3.78. The summed E-state index contributed by atoms with van der Waals surface area (Å²) in [5.74, 6) is 1.22. The van der Waals surface area contributed by atoms with Crippen molar-refractivity contribution >= 4 is 0 Å². The van der Waals surface area contributed by atoms with E-state index >= 15 is 0 Å². The molecular weight excluding hydrogens is 316 g/mol. The van der Waals surface area contributed by atoms with E-state index in [4.69, 9.17) is 0 Å². The van der Waals surface area contributed by atoms with Gasteiger partial charge in [0.2, 0.25) is 0 Å². The molecular formula is C18H22N6O. The fourth-order valence-electron chi connectivity index (χ4n) is 4.15. The SMILES string of the molecule is Cc1cc(C(Cc2nn[nH]n2)c2c(C)n[nH]c2C)c2c(c1O)CCC2. The van der Waals surface area contributed by atoms with Crippen LogP contribution in [0.15, 0.2) is 6.07 Å². The van der Waals surface area contributed by atoms with Crippen molar-refractivity contribution < 1.29 is 5.11 Å². The molecule has 0 bridgehead atoms. The minimum atomic E-state index is 0.0856. The number of aromatic nitrogens is 6. The van der Waals surface area contributed by atoms with Crippen LogP contribution in [-0.4, -0.2) is 35.9 Å². The van der Waals surface area contributed by atoms with E-state index in [1.807, 2.05) is 20.8 Å². The molecule has 2 heterocycles. The normalized spacial score (nSPS) is 14.7. The van der Waals surface area contributed by atoms with E-state index in [0.29, 0.717) is 18.0 Å². The lowest BCUT2D eigenvalue weighted by Crippen LogP contribution is -2.12. The molecule has 1 aromatic carbocycles. The third-order valence-corrected chi connectivity index (χ3v) is 5.28. The molecule has 4 rings (SSSR count). The number of hydrogen-bond donors (Lipinski definition) is 3. The van der Waals surface area contributed by atoms with Gasteiger partial charge in [0.1, 0.15) is 5.75 Å². The van der Waals surface area contributed by atoms with Gasteiger partial charge in [-0.3, -0.25) is 5.10 Å². The van der Waals surface area contributed by atoms with Crippen LogP contribution in [0.2, 0.25) is 0 Å². The maximum absolute atomic E-state index is 10.5. The zero-order valence-corrected chi connectivity index (χ0v) is 14.7. The zero-order valence-electron chi connectivity index (χ0n) is 14.7. The number of aromatic hydroxyl groups is 1. The van der Waals surface area contributed by atoms with Crippen LogP contribution in [-0.2, 0) is 19.3 Å². The molecule has 0 spiro atoms. The number of phenols is 1. The molecule has 0 fully saturated rings. The van der Waals surface area contributed by atoms with Gasteiger partial charge in [-0.2, -0.15) is 10.3 Å². The lowest BCUT2D eigenvalue weighted by molar-refractivity contribution is 0.464. The first kappa shape index (κ1) is 15.8. The van der Waals surface area contributed by atoms with Crippen molar-refractivity contribution in [2.24, 2.45) is 0 Å². The van der Waals surface area contributed by atoms with Crippen molar-refractivity contribution in [1.29, 1.82) is 0 Å². The first-order chi connectivity index (χ1) is 12.1. The minimum absolute atomic E-state index is 0.0856. The van der Waals surface area contributed by atoms with Crippen LogP contribution in [0.25, 0.3) is 0 Å². The van der Waals surface area contributed by atoms with Crippen molar-refractivity contribution in [1.82, 2.24) is 30.8 Å². The number of aryl methyl sites for hydroxylation is 3. The third-order valence-electron chi connectivity index (χ3n) is 5.28. The standard InChI is InChI=1S/C18H22N6O/c1-9-7-14(12-5-4-6-13(12)18(9)25)15(8-16-21-23-24-22-16)17-10(2)19-20-11(17)3/h7,15,25H,4-6,8H2,1-3H3,(H,19,20)(H,21,22,23,24). The molecule has 1 unspecified atom stereocenters. The molecule has 1 atom stereocenters. The molecule has 7 heteroatoms. The number of H-pyrrole nitrogens is 2. The average Bonchev–Trinajstić information content (AvgIpc) is 3.32. The summed E-state index contributed by atoms with van der Waals surface area (Å²) >= 11 is 0. The van der Waals surface area contributed by atoms with Gasteiger partial charge in [-0.1, -0.05) is 11.3 Å². The van der Waals surface area contributed by atoms with Crippen LogP contribution in [0.1, 0.15) is 57.4 Å². The molecule has 0 saturated heterocycles. The number of tetrazole rings is 1. The number of nitrogens with one attached hydrogen (secondary N) is 2. The highest BCUT2D eigenvalue weighted by Gasteiger charge is 2.29. The summed E-state index contributed by atoms with van der Waals surface area (Å²) in [6, 6.07) is 2.12. The predicted octanol–water partition coefficient (Wildman–Crippen LogP) is 2.42. The Labute approximate surface area is 145 Å². The van der Waals surface area contributed by atoms with Gasteiger partial charge in [0.15, 0.2) is 5.82 Å². The van der Waals surface area contributed by atoms with Crippen LogP contribution in [0, 0.1) is 20.8 Å². The fraction of sp³-hybridized carbons (Fsp3) is 0.444. The molecule has 130 valence electrons. The maximum atomic E-state index is 10.5. The summed E-state index contributed by atoms with van der Waals surface area (Å²) < 4.78 is 0. The van der Waals surface area contributed by atoms with Crippen LogP contribution in [0.5, 0.6) is 5.75 Å². The van der Waals surface area contributed by atoms with Crippen molar-refractivity contribution in [3.05, 3.63) is 51.1 Å². The van der Waals surface area contributed by atoms with Crippen molar-refractivity contribution in [2.45, 2.75) is 52.4 Å². The van der Waals surface area contributed by atoms with Gasteiger partial charge in [0.25, 0.3) is 0 Å². The lowest BCUT2D eigenvalue weighted by atomic mass is 9.82. The van der Waals surface area contributed by atoms with E-state index in [1.54, 1.807) is 0 Å². The fourth-order valence-corrected chi connectivity index (χ4v) is 4.15. The van der Waals surface area contributed by atoms with Crippen molar-refractivity contribution in [3.63, 3.8) is 0 Å². The molecule has 1 aliphatic carbocycles. The molecule has 0 aliphatic heterocycles. The summed E-state index contributed by atoms with van der Waals surface area (Å²) in [7, 11) is 0. The quantitative estimate of drug-likeness (QED) is 0.678. The largest absolute Gasteiger partial charge is 0.507 e. The van der Waals surface area contributed by atoms with Gasteiger partial charge in [0.05, 0.1) is 5.69 Å². The minimum Gasteiger partial charge on any atom is -0.507 e. The van der Waals surface area contributed by atoms with Gasteiger partial charge in [-0.05, 0) is 62.3 Å². The Morgan fingerprint density at radius 3 is 2.64 bits per heavy atom. The van der Waals surface area contributed by atoms with E-state index in [2.05, 4.69) is 36.9 Å². The number of fused-ring (bicyclic) bond motifs is 1. The van der Waals surface area contributed by atoms with Crippen molar-refractivity contribution in [2.75, 3.05) is 0 Å². The molecule has 2 aromatic heterocycles. The Bertz CT molecular complexity index is 893. The average molecular weight is 338 g/mol. The number of benzene rings is 1. The van der Waals surface area contributed by atoms with E-state index < -0.39 is 0 Å². The van der Waals surface area contributed by atoms with Gasteiger partial charge in [-0.15, -0.1) is 10.2 Å². The first-order valence-electron chi connectivity index (χ1n) is 8.64. The molecule has 3 N–H and O–H groups in total. The Balaban J connectivity index is 1.90. The highest BCUT2D eigenvalue weighted by Crippen LogP contribution is 2.41. The number of aromatic amines is 2. The van der Waals surface area contributed by atoms with Crippen LogP contribution >= 0.6 is 0 Å². The van der Waals surface area contributed by atoms with Gasteiger partial charge >= 0.3 is 0 Å². The molecule has 0 amide bonds. The Morgan fingerprint density at radius 1 is 1.16 bits per heavy atom. The molecule has 1 aliphatic rings. The highest BCUT2D eigenvalue weighted by atomic mass is 16.3. The number of phenolic OH excluding ortho intramolecular Hbond substituents is 1. The van der Waals surface area contributed by atoms with Crippen LogP contribution in [0.3, 0.4) is 0 Å². The summed E-state index contributed by atoms with van der Waals surface area (Å²) in [5.41, 5.74) is 7.78. The molecule has 25 heavy (non-hydrogen) atoms. The van der Waals surface area contributed by atoms with Crippen LogP contribution in [0.4, 0.5) is 0 Å². The second kappa shape index (κ2) is 5.98. The summed E-state index contributed by atoms with van der Waals surface area (Å²) in [5, 5.41) is 32.5. The summed E-state index contributed by atoms with van der Waals surface area (Å²) in [6.07, 6.45) is 3.66. The van der Waals surface area contributed by atoms with Gasteiger partial charge in [0, 0.05) is 23.6 Å². The highest BCUT2D eigenvalue weighted by molar-refractivity contribution is 5.55. The van der Waals surface area contributed by atoms with Crippen molar-refractivity contribution in [3.8, 4) is 5.75 Å². The van der Waals surface area contributed by atoms with Crippen LogP contribution < -0.4 is 0 Å². The molecule has 0 radical (unpaired) electrons. The predicted molar refractivity (Wildman–Crippen MR) is 92.7 cm³/mol. The zero-order chi connectivity index (χ0) is 17.6. The summed E-state index contributed by atoms with van der Waals surface area (Å²) in [4.78, 5) is 0. The van der Waals surface area contributed by atoms with Gasteiger partial charge < -0.3 is 5.11 Å². The summed E-state index contributed by atoms with van der Waals surface area (Å²) in [6.45, 7) is 6.04. The molecule has 0 saturated carbocycles. The second-order valence-electron chi connectivity index (χ2n) is 6.87. The third kappa shape index (κ3) is 2.59. The molecule has 3 aromatic rings. The van der Waals surface area contributed by atoms with E-state index in [-0.39, 0.29) is 5.92 Å². The van der Waals surface area contributed by atoms with E-state index in [1.165, 1.54) is 16.7 Å². The Morgan fingerprint density at radius 2 is 1.96 bits per heavy atom.